The van der Waals surface area contributed by atoms with Gasteiger partial charge in [0.25, 0.3) is 0 Å². The minimum absolute atomic E-state index is 0. The van der Waals surface area contributed by atoms with Crippen molar-refractivity contribution >= 4 is 34.2 Å². The molecule has 0 bridgehead atoms. The summed E-state index contributed by atoms with van der Waals surface area (Å²) in [6.07, 6.45) is 9.89. The highest BCUT2D eigenvalue weighted by Gasteiger charge is 2.31. The van der Waals surface area contributed by atoms with E-state index in [0.717, 1.165) is 62.8 Å². The van der Waals surface area contributed by atoms with E-state index in [0.29, 0.717) is 17.4 Å². The van der Waals surface area contributed by atoms with Crippen LogP contribution in [0.1, 0.15) is 80.6 Å². The smallest absolute Gasteiger partial charge is 0.335 e. The van der Waals surface area contributed by atoms with Gasteiger partial charge in [-0.2, -0.15) is 0 Å². The summed E-state index contributed by atoms with van der Waals surface area (Å²) in [5, 5.41) is 11.8. The average Bonchev–Trinajstić information content (AvgIpc) is 3.21. The van der Waals surface area contributed by atoms with Crippen molar-refractivity contribution in [3.05, 3.63) is 52.5 Å². The Kier molecular flexibility index (Phi) is 9.63. The van der Waals surface area contributed by atoms with Gasteiger partial charge in [0.1, 0.15) is 0 Å². The molecule has 1 aliphatic carbocycles. The summed E-state index contributed by atoms with van der Waals surface area (Å²) in [5.74, 6) is 0.341. The Hall–Kier alpha value is -2.54. The molecular formula is C34H46ClN3O3. The largest absolute Gasteiger partial charge is 0.478 e. The number of carboxylic acids is 1. The van der Waals surface area contributed by atoms with Crippen LogP contribution >= 0.6 is 11.6 Å². The molecule has 2 fully saturated rings. The fraction of sp³-hybridized carbons (Fsp3) is 0.559. The molecule has 222 valence electrons. The minimum Gasteiger partial charge on any atom is -0.478 e. The molecule has 3 heterocycles. The van der Waals surface area contributed by atoms with Crippen LogP contribution in [0, 0.1) is 5.92 Å². The van der Waals surface area contributed by atoms with Gasteiger partial charge >= 0.3 is 5.97 Å². The second-order valence-electron chi connectivity index (χ2n) is 12.0. The maximum Gasteiger partial charge on any atom is 0.335 e. The molecular weight excluding hydrogens is 534 g/mol. The summed E-state index contributed by atoms with van der Waals surface area (Å²) >= 11 is 6.64. The lowest BCUT2D eigenvalue weighted by Gasteiger charge is -2.35. The summed E-state index contributed by atoms with van der Waals surface area (Å²) in [6, 6.07) is 12.1. The molecule has 3 aliphatic rings. The second-order valence-corrected chi connectivity index (χ2v) is 12.5. The van der Waals surface area contributed by atoms with Gasteiger partial charge < -0.3 is 24.2 Å². The van der Waals surface area contributed by atoms with Gasteiger partial charge in [-0.25, -0.2) is 4.79 Å². The first kappa shape index (κ1) is 29.9. The molecule has 6 rings (SSSR count). The Labute approximate surface area is 250 Å². The van der Waals surface area contributed by atoms with Crippen molar-refractivity contribution in [1.82, 2.24) is 9.47 Å². The molecule has 0 unspecified atom stereocenters. The third kappa shape index (κ3) is 6.16. The summed E-state index contributed by atoms with van der Waals surface area (Å²) < 4.78 is 7.77. The molecule has 6 nitrogen and oxygen atoms in total. The zero-order valence-corrected chi connectivity index (χ0v) is 24.5. The Morgan fingerprint density at radius 2 is 1.83 bits per heavy atom. The second kappa shape index (κ2) is 13.2. The molecule has 1 saturated heterocycles. The topological polar surface area (TPSA) is 57.9 Å². The van der Waals surface area contributed by atoms with Crippen LogP contribution in [0.15, 0.2) is 36.4 Å². The highest BCUT2D eigenvalue weighted by molar-refractivity contribution is 6.31. The molecule has 0 radical (unpaired) electrons. The number of benzene rings is 2. The van der Waals surface area contributed by atoms with Crippen molar-refractivity contribution in [2.75, 3.05) is 51.3 Å². The summed E-state index contributed by atoms with van der Waals surface area (Å²) in [5.41, 5.74) is 6.53. The Morgan fingerprint density at radius 3 is 2.61 bits per heavy atom. The summed E-state index contributed by atoms with van der Waals surface area (Å²) in [4.78, 5) is 17.1. The van der Waals surface area contributed by atoms with E-state index in [-0.39, 0.29) is 7.43 Å². The standard InChI is InChI=1S/C33H42ClN3O3.CH4/c1-40-19-13-23-6-5-14-35(22-23)15-16-36-17-18-37-30-20-25(33(38)39)9-11-27(30)31(24-7-3-2-4-8-24)32(37)28-12-10-26(34)21-29(28)36;/h9-12,20-21,23-24H,2-8,13-19,22H2,1H3,(H,38,39);1H4/t23-;/m0./s1. The number of hydrogen-bond acceptors (Lipinski definition) is 4. The molecule has 2 aliphatic heterocycles. The van der Waals surface area contributed by atoms with E-state index in [1.54, 1.807) is 13.2 Å². The molecule has 41 heavy (non-hydrogen) atoms. The Bertz CT molecular complexity index is 1360. The van der Waals surface area contributed by atoms with Gasteiger partial charge in [-0.1, -0.05) is 44.4 Å². The first-order valence-corrected chi connectivity index (χ1v) is 15.6. The number of anilines is 1. The highest BCUT2D eigenvalue weighted by Crippen LogP contribution is 2.48. The molecule has 0 spiro atoms. The molecule has 1 atom stereocenters. The van der Waals surface area contributed by atoms with Crippen LogP contribution in [0.4, 0.5) is 5.69 Å². The van der Waals surface area contributed by atoms with Crippen molar-refractivity contribution in [3.8, 4) is 11.3 Å². The van der Waals surface area contributed by atoms with Gasteiger partial charge in [0.05, 0.1) is 11.3 Å². The van der Waals surface area contributed by atoms with E-state index >= 15 is 0 Å². The summed E-state index contributed by atoms with van der Waals surface area (Å²) in [7, 11) is 1.80. The molecule has 2 aromatic carbocycles. The van der Waals surface area contributed by atoms with Crippen LogP contribution in [0.2, 0.25) is 5.02 Å². The number of aromatic nitrogens is 1. The normalized spacial score (nSPS) is 19.9. The number of methoxy groups -OCH3 is 1. The SMILES string of the molecule is C.COCC[C@@H]1CCCN(CCN2CCn3c(c(C4CCCCC4)c4ccc(C(=O)O)cc43)-c3ccc(Cl)cc32)C1. The average molecular weight is 580 g/mol. The lowest BCUT2D eigenvalue weighted by Crippen LogP contribution is -2.41. The number of carbonyl (C=O) groups is 1. The number of piperidine rings is 1. The third-order valence-electron chi connectivity index (χ3n) is 9.53. The van der Waals surface area contributed by atoms with Crippen molar-refractivity contribution < 1.29 is 14.6 Å². The minimum atomic E-state index is -0.871. The number of nitrogens with zero attached hydrogens (tertiary/aromatic N) is 3. The van der Waals surface area contributed by atoms with Gasteiger partial charge in [-0.3, -0.25) is 0 Å². The number of rotatable bonds is 8. The van der Waals surface area contributed by atoms with Crippen LogP contribution in [-0.2, 0) is 11.3 Å². The van der Waals surface area contributed by atoms with Gasteiger partial charge in [0.2, 0.25) is 0 Å². The van der Waals surface area contributed by atoms with E-state index in [4.69, 9.17) is 16.3 Å². The Balaban J connectivity index is 0.00000337. The highest BCUT2D eigenvalue weighted by atomic mass is 35.5. The van der Waals surface area contributed by atoms with Crippen molar-refractivity contribution in [2.45, 2.75) is 71.3 Å². The third-order valence-corrected chi connectivity index (χ3v) is 9.77. The zero-order valence-electron chi connectivity index (χ0n) is 23.7. The van der Waals surface area contributed by atoms with Crippen molar-refractivity contribution in [2.24, 2.45) is 5.92 Å². The van der Waals surface area contributed by atoms with E-state index < -0.39 is 5.97 Å². The van der Waals surface area contributed by atoms with Gasteiger partial charge in [-0.05, 0) is 86.4 Å². The van der Waals surface area contributed by atoms with Gasteiger partial charge in [0, 0.05) is 73.6 Å². The van der Waals surface area contributed by atoms with Gasteiger partial charge in [-0.15, -0.1) is 0 Å². The summed E-state index contributed by atoms with van der Waals surface area (Å²) in [6.45, 7) is 6.82. The number of ether oxygens (including phenoxy) is 1. The molecule has 3 aromatic rings. The molecule has 1 saturated carbocycles. The van der Waals surface area contributed by atoms with Crippen molar-refractivity contribution in [1.29, 1.82) is 0 Å². The number of carboxylic acid groups (broad SMARTS) is 1. The first-order valence-electron chi connectivity index (χ1n) is 15.2. The quantitative estimate of drug-likeness (QED) is 0.294. The van der Waals surface area contributed by atoms with Crippen LogP contribution in [0.3, 0.4) is 0 Å². The van der Waals surface area contributed by atoms with Crippen LogP contribution < -0.4 is 4.90 Å². The van der Waals surface area contributed by atoms with Crippen LogP contribution in [-0.4, -0.2) is 67.0 Å². The molecule has 1 N–H and O–H groups in total. The number of fused-ring (bicyclic) bond motifs is 5. The monoisotopic (exact) mass is 579 g/mol. The lowest BCUT2D eigenvalue weighted by molar-refractivity contribution is 0.0697. The van der Waals surface area contributed by atoms with E-state index in [1.807, 2.05) is 12.1 Å². The predicted octanol–water partition coefficient (Wildman–Crippen LogP) is 7.91. The van der Waals surface area contributed by atoms with E-state index in [9.17, 15) is 9.90 Å². The number of aromatic carboxylic acids is 1. The number of hydrogen-bond donors (Lipinski definition) is 1. The molecule has 7 heteroatoms. The molecule has 0 amide bonds. The van der Waals surface area contributed by atoms with Gasteiger partial charge in [0.15, 0.2) is 0 Å². The number of halogens is 1. The Morgan fingerprint density at radius 1 is 1.00 bits per heavy atom. The van der Waals surface area contributed by atoms with E-state index in [1.165, 1.54) is 72.8 Å². The molecule has 1 aromatic heterocycles. The first-order chi connectivity index (χ1) is 19.5. The van der Waals surface area contributed by atoms with Crippen LogP contribution in [0.5, 0.6) is 0 Å². The lowest BCUT2D eigenvalue weighted by atomic mass is 9.81. The zero-order chi connectivity index (χ0) is 27.6. The van der Waals surface area contributed by atoms with Crippen LogP contribution in [0.25, 0.3) is 22.2 Å². The van der Waals surface area contributed by atoms with Crippen molar-refractivity contribution in [3.63, 3.8) is 0 Å². The predicted molar refractivity (Wildman–Crippen MR) is 170 cm³/mol. The fourth-order valence-electron chi connectivity index (χ4n) is 7.51. The number of likely N-dealkylation sites (tertiary alicyclic amines) is 1. The fourth-order valence-corrected chi connectivity index (χ4v) is 7.68. The van der Waals surface area contributed by atoms with E-state index in [2.05, 4.69) is 32.6 Å². The maximum absolute atomic E-state index is 12.0. The maximum atomic E-state index is 12.0.